The minimum Gasteiger partial charge on any atom is -0.360 e. The van der Waals surface area contributed by atoms with Crippen molar-refractivity contribution in [1.82, 2.24) is 9.97 Å². The number of aromatic amines is 1. The van der Waals surface area contributed by atoms with Gasteiger partial charge in [0, 0.05) is 45.8 Å². The van der Waals surface area contributed by atoms with Crippen molar-refractivity contribution in [2.45, 2.75) is 13.0 Å². The van der Waals surface area contributed by atoms with Crippen molar-refractivity contribution in [2.24, 2.45) is 0 Å². The molecule has 1 fully saturated rings. The van der Waals surface area contributed by atoms with Crippen molar-refractivity contribution in [3.05, 3.63) is 95.9 Å². The first kappa shape index (κ1) is 18.0. The molecule has 29 heavy (non-hydrogen) atoms. The SMILES string of the molecule is Cc1[nH]c2ccccc2c1C(c1cccnc1)[NH+]1CCN(c2ccccc2)CC1. The van der Waals surface area contributed by atoms with Crippen molar-refractivity contribution in [2.75, 3.05) is 31.1 Å². The summed E-state index contributed by atoms with van der Waals surface area (Å²) in [5, 5.41) is 1.33. The highest BCUT2D eigenvalue weighted by atomic mass is 15.3. The summed E-state index contributed by atoms with van der Waals surface area (Å²) in [6.07, 6.45) is 3.91. The summed E-state index contributed by atoms with van der Waals surface area (Å²) in [5.74, 6) is 0. The largest absolute Gasteiger partial charge is 0.360 e. The quantitative estimate of drug-likeness (QED) is 0.567. The molecule has 4 nitrogen and oxygen atoms in total. The molecule has 0 aliphatic carbocycles. The third-order valence-electron chi connectivity index (χ3n) is 6.19. The Hall–Kier alpha value is -3.11. The second-order valence-corrected chi connectivity index (χ2v) is 7.91. The second kappa shape index (κ2) is 7.72. The van der Waals surface area contributed by atoms with E-state index < -0.39 is 0 Å². The number of nitrogens with zero attached hydrogens (tertiary/aromatic N) is 2. The second-order valence-electron chi connectivity index (χ2n) is 7.91. The van der Waals surface area contributed by atoms with E-state index in [4.69, 9.17) is 0 Å². The van der Waals surface area contributed by atoms with Gasteiger partial charge in [-0.05, 0) is 37.3 Å². The summed E-state index contributed by atoms with van der Waals surface area (Å²) in [6, 6.07) is 24.0. The Balaban J connectivity index is 1.50. The predicted molar refractivity (Wildman–Crippen MR) is 118 cm³/mol. The van der Waals surface area contributed by atoms with Crippen LogP contribution in [-0.4, -0.2) is 36.1 Å². The lowest BCUT2D eigenvalue weighted by molar-refractivity contribution is -0.926. The molecule has 2 aromatic carbocycles. The number of pyridine rings is 1. The fourth-order valence-corrected chi connectivity index (χ4v) is 4.80. The zero-order valence-corrected chi connectivity index (χ0v) is 16.8. The molecule has 3 heterocycles. The zero-order valence-electron chi connectivity index (χ0n) is 16.8. The van der Waals surface area contributed by atoms with Gasteiger partial charge in [0.25, 0.3) is 0 Å². The number of quaternary nitrogens is 1. The van der Waals surface area contributed by atoms with Gasteiger partial charge in [-0.2, -0.15) is 0 Å². The average Bonchev–Trinajstić information content (AvgIpc) is 3.12. The number of H-pyrrole nitrogens is 1. The van der Waals surface area contributed by atoms with Gasteiger partial charge in [-0.1, -0.05) is 36.4 Å². The third kappa shape index (κ3) is 3.40. The van der Waals surface area contributed by atoms with E-state index in [1.807, 2.05) is 12.4 Å². The molecule has 0 spiro atoms. The maximum atomic E-state index is 4.45. The third-order valence-corrected chi connectivity index (χ3v) is 6.19. The Morgan fingerprint density at radius 1 is 0.931 bits per heavy atom. The molecule has 4 heteroatoms. The van der Waals surface area contributed by atoms with Gasteiger partial charge in [0.2, 0.25) is 0 Å². The number of aromatic nitrogens is 2. The highest BCUT2D eigenvalue weighted by Gasteiger charge is 2.33. The Kier molecular flexibility index (Phi) is 4.78. The Labute approximate surface area is 171 Å². The number of benzene rings is 2. The molecule has 1 aliphatic heterocycles. The topological polar surface area (TPSA) is 36.4 Å². The van der Waals surface area contributed by atoms with Gasteiger partial charge in [-0.15, -0.1) is 0 Å². The van der Waals surface area contributed by atoms with E-state index in [2.05, 4.69) is 88.5 Å². The first-order chi connectivity index (χ1) is 14.3. The van der Waals surface area contributed by atoms with Crippen molar-refractivity contribution >= 4 is 16.6 Å². The lowest BCUT2D eigenvalue weighted by atomic mass is 9.95. The standard InChI is InChI=1S/C25H26N4/c1-19-24(22-11-5-6-12-23(22)27-19)25(20-8-7-13-26-18-20)29-16-14-28(15-17-29)21-9-3-2-4-10-21/h2-13,18,25,27H,14-17H2,1H3/p+1. The number of para-hydroxylation sites is 2. The minimum atomic E-state index is 0.290. The van der Waals surface area contributed by atoms with Gasteiger partial charge in [0.15, 0.2) is 0 Å². The van der Waals surface area contributed by atoms with E-state index >= 15 is 0 Å². The summed E-state index contributed by atoms with van der Waals surface area (Å²) >= 11 is 0. The molecule has 1 saturated heterocycles. The number of piperazine rings is 1. The molecule has 1 aliphatic rings. The normalized spacial score (nSPS) is 16.2. The van der Waals surface area contributed by atoms with E-state index in [9.17, 15) is 0 Å². The number of hydrogen-bond donors (Lipinski definition) is 2. The maximum Gasteiger partial charge on any atom is 0.143 e. The number of rotatable bonds is 4. The van der Waals surface area contributed by atoms with Gasteiger partial charge in [-0.25, -0.2) is 0 Å². The first-order valence-electron chi connectivity index (χ1n) is 10.4. The van der Waals surface area contributed by atoms with E-state index in [1.54, 1.807) is 4.90 Å². The van der Waals surface area contributed by atoms with E-state index in [0.29, 0.717) is 0 Å². The number of hydrogen-bond acceptors (Lipinski definition) is 2. The molecule has 4 aromatic rings. The van der Waals surface area contributed by atoms with Crippen LogP contribution in [-0.2, 0) is 0 Å². The van der Waals surface area contributed by atoms with Crippen molar-refractivity contribution in [3.63, 3.8) is 0 Å². The summed E-state index contributed by atoms with van der Waals surface area (Å²) in [7, 11) is 0. The molecular formula is C25H27N4+. The van der Waals surface area contributed by atoms with E-state index in [0.717, 1.165) is 26.2 Å². The molecule has 0 amide bonds. The zero-order chi connectivity index (χ0) is 19.6. The van der Waals surface area contributed by atoms with E-state index in [1.165, 1.54) is 33.4 Å². The molecule has 0 radical (unpaired) electrons. The summed E-state index contributed by atoms with van der Waals surface area (Å²) in [5.41, 5.74) is 6.52. The van der Waals surface area contributed by atoms with Crippen LogP contribution < -0.4 is 9.80 Å². The van der Waals surface area contributed by atoms with Crippen LogP contribution in [0.4, 0.5) is 5.69 Å². The van der Waals surface area contributed by atoms with Crippen LogP contribution >= 0.6 is 0 Å². The molecule has 146 valence electrons. The molecule has 2 aromatic heterocycles. The van der Waals surface area contributed by atoms with Gasteiger partial charge in [-0.3, -0.25) is 4.98 Å². The van der Waals surface area contributed by atoms with Gasteiger partial charge >= 0.3 is 0 Å². The smallest absolute Gasteiger partial charge is 0.143 e. The summed E-state index contributed by atoms with van der Waals surface area (Å²) in [4.78, 5) is 12.2. The number of nitrogens with one attached hydrogen (secondary N) is 2. The highest BCUT2D eigenvalue weighted by molar-refractivity contribution is 5.85. The fraction of sp³-hybridized carbons (Fsp3) is 0.240. The first-order valence-corrected chi connectivity index (χ1v) is 10.4. The number of fused-ring (bicyclic) bond motifs is 1. The van der Waals surface area contributed by atoms with Crippen LogP contribution in [0.25, 0.3) is 10.9 Å². The van der Waals surface area contributed by atoms with E-state index in [-0.39, 0.29) is 6.04 Å². The number of aryl methyl sites for hydroxylation is 1. The lowest BCUT2D eigenvalue weighted by Gasteiger charge is -2.38. The molecule has 1 unspecified atom stereocenters. The Morgan fingerprint density at radius 2 is 1.69 bits per heavy atom. The molecule has 5 rings (SSSR count). The van der Waals surface area contributed by atoms with Crippen molar-refractivity contribution < 1.29 is 4.90 Å². The maximum absolute atomic E-state index is 4.45. The molecule has 1 atom stereocenters. The van der Waals surface area contributed by atoms with Gasteiger partial charge in [0.05, 0.1) is 26.2 Å². The van der Waals surface area contributed by atoms with Crippen LogP contribution in [0.3, 0.4) is 0 Å². The highest BCUT2D eigenvalue weighted by Crippen LogP contribution is 2.30. The van der Waals surface area contributed by atoms with Crippen molar-refractivity contribution in [3.8, 4) is 0 Å². The molecule has 0 bridgehead atoms. The molecular weight excluding hydrogens is 356 g/mol. The van der Waals surface area contributed by atoms with Gasteiger partial charge < -0.3 is 14.8 Å². The number of anilines is 1. The fourth-order valence-electron chi connectivity index (χ4n) is 4.80. The minimum absolute atomic E-state index is 0.290. The molecule has 0 saturated carbocycles. The summed E-state index contributed by atoms with van der Waals surface area (Å²) < 4.78 is 0. The van der Waals surface area contributed by atoms with Crippen LogP contribution in [0.5, 0.6) is 0 Å². The van der Waals surface area contributed by atoms with Crippen LogP contribution in [0, 0.1) is 6.92 Å². The average molecular weight is 384 g/mol. The Bertz CT molecular complexity index is 1080. The van der Waals surface area contributed by atoms with Gasteiger partial charge in [0.1, 0.15) is 6.04 Å². The predicted octanol–water partition coefficient (Wildman–Crippen LogP) is 3.37. The summed E-state index contributed by atoms with van der Waals surface area (Å²) in [6.45, 7) is 6.55. The van der Waals surface area contributed by atoms with Crippen LogP contribution in [0.15, 0.2) is 79.1 Å². The lowest BCUT2D eigenvalue weighted by Crippen LogP contribution is -3.15. The molecule has 2 N–H and O–H groups in total. The monoisotopic (exact) mass is 383 g/mol. The van der Waals surface area contributed by atoms with Crippen LogP contribution in [0.2, 0.25) is 0 Å². The van der Waals surface area contributed by atoms with Crippen LogP contribution in [0.1, 0.15) is 22.9 Å². The van der Waals surface area contributed by atoms with Crippen molar-refractivity contribution in [1.29, 1.82) is 0 Å². The Morgan fingerprint density at radius 3 is 2.45 bits per heavy atom.